The third-order valence-corrected chi connectivity index (χ3v) is 3.00. The van der Waals surface area contributed by atoms with Crippen molar-refractivity contribution in [1.29, 1.82) is 0 Å². The number of aromatic nitrogens is 2. The van der Waals surface area contributed by atoms with E-state index < -0.39 is 0 Å². The molecule has 0 bridgehead atoms. The standard InChI is InChI=1S/C14H15N3O/c1-2-11-6-7-12(18-11)9-15-13-5-3-4-10-8-16-17-14(10)13/h3-8,15H,2,9H2,1H3,(H,16,17). The number of aryl methyl sites for hydroxylation is 1. The fourth-order valence-corrected chi connectivity index (χ4v) is 2.01. The number of benzene rings is 1. The maximum Gasteiger partial charge on any atom is 0.123 e. The van der Waals surface area contributed by atoms with E-state index in [0.717, 1.165) is 34.5 Å². The third-order valence-electron chi connectivity index (χ3n) is 3.00. The van der Waals surface area contributed by atoms with Gasteiger partial charge in [0.2, 0.25) is 0 Å². The molecule has 4 nitrogen and oxygen atoms in total. The Labute approximate surface area is 105 Å². The first-order valence-electron chi connectivity index (χ1n) is 6.10. The highest BCUT2D eigenvalue weighted by atomic mass is 16.3. The summed E-state index contributed by atoms with van der Waals surface area (Å²) in [5.41, 5.74) is 2.07. The van der Waals surface area contributed by atoms with Gasteiger partial charge in [0.05, 0.1) is 23.9 Å². The number of furan rings is 1. The van der Waals surface area contributed by atoms with E-state index in [1.807, 2.05) is 36.5 Å². The van der Waals surface area contributed by atoms with Crippen molar-refractivity contribution in [3.05, 3.63) is 48.0 Å². The van der Waals surface area contributed by atoms with Crippen molar-refractivity contribution in [3.63, 3.8) is 0 Å². The van der Waals surface area contributed by atoms with Crippen LogP contribution in [0, 0.1) is 0 Å². The average Bonchev–Trinajstić information content (AvgIpc) is 3.05. The van der Waals surface area contributed by atoms with Crippen LogP contribution in [0.1, 0.15) is 18.4 Å². The Morgan fingerprint density at radius 3 is 2.94 bits per heavy atom. The van der Waals surface area contributed by atoms with E-state index in [0.29, 0.717) is 6.54 Å². The number of nitrogens with one attached hydrogen (secondary N) is 2. The summed E-state index contributed by atoms with van der Waals surface area (Å²) in [5, 5.41) is 11.5. The number of rotatable bonds is 4. The molecule has 2 heterocycles. The van der Waals surface area contributed by atoms with E-state index in [4.69, 9.17) is 4.42 Å². The molecule has 0 spiro atoms. The molecule has 0 radical (unpaired) electrons. The van der Waals surface area contributed by atoms with Crippen LogP contribution in [0.2, 0.25) is 0 Å². The lowest BCUT2D eigenvalue weighted by atomic mass is 10.2. The molecule has 2 N–H and O–H groups in total. The summed E-state index contributed by atoms with van der Waals surface area (Å²) >= 11 is 0. The first-order valence-corrected chi connectivity index (χ1v) is 6.10. The minimum atomic E-state index is 0.679. The molecule has 2 aromatic heterocycles. The van der Waals surface area contributed by atoms with Crippen molar-refractivity contribution < 1.29 is 4.42 Å². The number of anilines is 1. The predicted octanol–water partition coefficient (Wildman–Crippen LogP) is 3.33. The molecule has 0 aliphatic heterocycles. The summed E-state index contributed by atoms with van der Waals surface area (Å²) in [6.45, 7) is 2.76. The van der Waals surface area contributed by atoms with Gasteiger partial charge in [0.15, 0.2) is 0 Å². The van der Waals surface area contributed by atoms with E-state index in [1.54, 1.807) is 0 Å². The SMILES string of the molecule is CCc1ccc(CNc2cccc3cn[nH]c23)o1. The van der Waals surface area contributed by atoms with E-state index in [1.165, 1.54) is 0 Å². The van der Waals surface area contributed by atoms with Crippen LogP contribution in [0.25, 0.3) is 10.9 Å². The van der Waals surface area contributed by atoms with Gasteiger partial charge < -0.3 is 9.73 Å². The first-order chi connectivity index (χ1) is 8.86. The topological polar surface area (TPSA) is 53.9 Å². The molecule has 3 rings (SSSR count). The molecular formula is C14H15N3O. The summed E-state index contributed by atoms with van der Waals surface area (Å²) in [5.74, 6) is 1.97. The van der Waals surface area contributed by atoms with E-state index >= 15 is 0 Å². The molecule has 0 aliphatic rings. The minimum absolute atomic E-state index is 0.679. The zero-order chi connectivity index (χ0) is 12.4. The van der Waals surface area contributed by atoms with Gasteiger partial charge in [-0.25, -0.2) is 0 Å². The molecule has 4 heteroatoms. The lowest BCUT2D eigenvalue weighted by molar-refractivity contribution is 0.476. The maximum atomic E-state index is 5.66. The first kappa shape index (κ1) is 10.9. The lowest BCUT2D eigenvalue weighted by Crippen LogP contribution is -1.98. The second-order valence-electron chi connectivity index (χ2n) is 4.21. The van der Waals surface area contributed by atoms with Crippen molar-refractivity contribution in [2.75, 3.05) is 5.32 Å². The second-order valence-corrected chi connectivity index (χ2v) is 4.21. The molecule has 0 saturated heterocycles. The zero-order valence-electron chi connectivity index (χ0n) is 10.2. The molecule has 92 valence electrons. The van der Waals surface area contributed by atoms with Gasteiger partial charge in [0, 0.05) is 11.8 Å². The third kappa shape index (κ3) is 1.97. The van der Waals surface area contributed by atoms with Crippen LogP contribution in [0.4, 0.5) is 5.69 Å². The Morgan fingerprint density at radius 1 is 1.22 bits per heavy atom. The van der Waals surface area contributed by atoms with Crippen molar-refractivity contribution in [2.45, 2.75) is 19.9 Å². The maximum absolute atomic E-state index is 5.66. The van der Waals surface area contributed by atoms with Crippen LogP contribution in [-0.2, 0) is 13.0 Å². The normalized spacial score (nSPS) is 10.9. The number of para-hydroxylation sites is 1. The van der Waals surface area contributed by atoms with Gasteiger partial charge in [-0.1, -0.05) is 19.1 Å². The van der Waals surface area contributed by atoms with E-state index in [-0.39, 0.29) is 0 Å². The second kappa shape index (κ2) is 4.56. The zero-order valence-corrected chi connectivity index (χ0v) is 10.2. The summed E-state index contributed by atoms with van der Waals surface area (Å²) < 4.78 is 5.66. The van der Waals surface area contributed by atoms with Crippen LogP contribution in [0.15, 0.2) is 40.9 Å². The summed E-state index contributed by atoms with van der Waals surface area (Å²) in [4.78, 5) is 0. The monoisotopic (exact) mass is 241 g/mol. The molecule has 3 aromatic rings. The molecule has 0 unspecified atom stereocenters. The fraction of sp³-hybridized carbons (Fsp3) is 0.214. The van der Waals surface area contributed by atoms with Crippen LogP contribution in [0.3, 0.4) is 0 Å². The van der Waals surface area contributed by atoms with Crippen molar-refractivity contribution in [1.82, 2.24) is 10.2 Å². The van der Waals surface area contributed by atoms with E-state index in [9.17, 15) is 0 Å². The van der Waals surface area contributed by atoms with Gasteiger partial charge in [-0.2, -0.15) is 5.10 Å². The van der Waals surface area contributed by atoms with Crippen molar-refractivity contribution in [3.8, 4) is 0 Å². The Morgan fingerprint density at radius 2 is 2.11 bits per heavy atom. The van der Waals surface area contributed by atoms with E-state index in [2.05, 4.69) is 22.4 Å². The van der Waals surface area contributed by atoms with Gasteiger partial charge in [-0.3, -0.25) is 5.10 Å². The fourth-order valence-electron chi connectivity index (χ4n) is 2.01. The van der Waals surface area contributed by atoms with Crippen LogP contribution in [0.5, 0.6) is 0 Å². The van der Waals surface area contributed by atoms with Crippen LogP contribution >= 0.6 is 0 Å². The molecule has 0 saturated carbocycles. The van der Waals surface area contributed by atoms with Gasteiger partial charge in [0.1, 0.15) is 11.5 Å². The predicted molar refractivity (Wildman–Crippen MR) is 71.5 cm³/mol. The number of H-pyrrole nitrogens is 1. The minimum Gasteiger partial charge on any atom is -0.464 e. The van der Waals surface area contributed by atoms with Gasteiger partial charge in [-0.05, 0) is 18.2 Å². The summed E-state index contributed by atoms with van der Waals surface area (Å²) in [6, 6.07) is 10.1. The Bertz CT molecular complexity index is 654. The van der Waals surface area contributed by atoms with Gasteiger partial charge in [-0.15, -0.1) is 0 Å². The van der Waals surface area contributed by atoms with Crippen molar-refractivity contribution in [2.24, 2.45) is 0 Å². The largest absolute Gasteiger partial charge is 0.464 e. The highest BCUT2D eigenvalue weighted by Gasteiger charge is 2.04. The average molecular weight is 241 g/mol. The molecule has 0 amide bonds. The van der Waals surface area contributed by atoms with Gasteiger partial charge >= 0.3 is 0 Å². The molecule has 0 atom stereocenters. The highest BCUT2D eigenvalue weighted by molar-refractivity contribution is 5.89. The lowest BCUT2D eigenvalue weighted by Gasteiger charge is -2.05. The Hall–Kier alpha value is -2.23. The molecular weight excluding hydrogens is 226 g/mol. The number of hydrogen-bond acceptors (Lipinski definition) is 3. The summed E-state index contributed by atoms with van der Waals surface area (Å²) in [6.07, 6.45) is 2.75. The number of fused-ring (bicyclic) bond motifs is 1. The molecule has 0 aliphatic carbocycles. The van der Waals surface area contributed by atoms with Gasteiger partial charge in [0.25, 0.3) is 0 Å². The number of nitrogens with zero attached hydrogens (tertiary/aromatic N) is 1. The van der Waals surface area contributed by atoms with Crippen LogP contribution < -0.4 is 5.32 Å². The molecule has 1 aromatic carbocycles. The Kier molecular flexibility index (Phi) is 2.76. The number of aromatic amines is 1. The van der Waals surface area contributed by atoms with Crippen LogP contribution in [-0.4, -0.2) is 10.2 Å². The molecule has 18 heavy (non-hydrogen) atoms. The smallest absolute Gasteiger partial charge is 0.123 e. The number of hydrogen-bond donors (Lipinski definition) is 2. The Balaban J connectivity index is 1.78. The van der Waals surface area contributed by atoms with Crippen molar-refractivity contribution >= 4 is 16.6 Å². The summed E-state index contributed by atoms with van der Waals surface area (Å²) in [7, 11) is 0. The highest BCUT2D eigenvalue weighted by Crippen LogP contribution is 2.21. The molecule has 0 fully saturated rings. The quantitative estimate of drug-likeness (QED) is 0.736.